The number of carbonyl (C=O) groups excluding carboxylic acids is 1. The zero-order chi connectivity index (χ0) is 12.7. The first kappa shape index (κ1) is 12.1. The second-order valence-corrected chi connectivity index (χ2v) is 5.66. The lowest BCUT2D eigenvalue weighted by molar-refractivity contribution is 0.0937. The first-order valence-corrected chi connectivity index (χ1v) is 6.95. The quantitative estimate of drug-likeness (QED) is 0.869. The number of carbonyl (C=O) groups is 1. The average Bonchev–Trinajstić information content (AvgIpc) is 2.72. The van der Waals surface area contributed by atoms with Crippen LogP contribution in [0.4, 0.5) is 0 Å². The van der Waals surface area contributed by atoms with Gasteiger partial charge in [-0.3, -0.25) is 4.79 Å². The molecule has 1 aliphatic carbocycles. The molecule has 0 spiro atoms. The summed E-state index contributed by atoms with van der Waals surface area (Å²) < 4.78 is 1.94. The van der Waals surface area contributed by atoms with Gasteiger partial charge in [0.05, 0.1) is 5.02 Å². The molecule has 2 atom stereocenters. The number of amides is 1. The van der Waals surface area contributed by atoms with Gasteiger partial charge in [0.25, 0.3) is 5.91 Å². The minimum absolute atomic E-state index is 0.00903. The minimum atomic E-state index is 0.00903. The van der Waals surface area contributed by atoms with E-state index >= 15 is 0 Å². The number of hydrogen-bond acceptors (Lipinski definition) is 2. The number of piperidine rings is 1. The number of hydrogen-bond donors (Lipinski definition) is 2. The number of aryl methyl sites for hydroxylation is 1. The van der Waals surface area contributed by atoms with Crippen LogP contribution in [0.2, 0.25) is 5.02 Å². The maximum Gasteiger partial charge on any atom is 0.268 e. The Hall–Kier alpha value is -1.00. The van der Waals surface area contributed by atoms with E-state index in [1.807, 2.05) is 10.8 Å². The number of nitrogens with zero attached hydrogens (tertiary/aromatic N) is 1. The molecule has 2 heterocycles. The van der Waals surface area contributed by atoms with E-state index in [1.54, 1.807) is 6.07 Å². The van der Waals surface area contributed by atoms with Crippen LogP contribution in [0.25, 0.3) is 0 Å². The predicted octanol–water partition coefficient (Wildman–Crippen LogP) is 1.50. The second kappa shape index (κ2) is 4.59. The van der Waals surface area contributed by atoms with Gasteiger partial charge in [0.15, 0.2) is 0 Å². The minimum Gasteiger partial charge on any atom is -0.347 e. The highest BCUT2D eigenvalue weighted by Crippen LogP contribution is 2.41. The molecule has 18 heavy (non-hydrogen) atoms. The monoisotopic (exact) mass is 267 g/mol. The number of halogens is 1. The Balaban J connectivity index is 1.68. The summed E-state index contributed by atoms with van der Waals surface area (Å²) >= 11 is 5.98. The van der Waals surface area contributed by atoms with Crippen LogP contribution in [-0.2, 0) is 6.54 Å². The molecule has 1 aromatic rings. The van der Waals surface area contributed by atoms with E-state index in [-0.39, 0.29) is 5.91 Å². The maximum absolute atomic E-state index is 12.2. The molecule has 3 rings (SSSR count). The van der Waals surface area contributed by atoms with Crippen molar-refractivity contribution in [2.45, 2.75) is 25.9 Å². The highest BCUT2D eigenvalue weighted by atomic mass is 35.5. The first-order valence-electron chi connectivity index (χ1n) is 6.58. The standard InChI is InChI=1S/C13H18ClN3O/c1-2-3-17-7-8(14)4-11(17)13(18)16-12-9-5-15-6-10(9)12/h4,7,9-10,12,15H,2-3,5-6H2,1H3,(H,16,18). The summed E-state index contributed by atoms with van der Waals surface area (Å²) in [5.41, 5.74) is 0.680. The fourth-order valence-corrected chi connectivity index (χ4v) is 3.17. The zero-order valence-electron chi connectivity index (χ0n) is 10.4. The van der Waals surface area contributed by atoms with Gasteiger partial charge in [-0.2, -0.15) is 0 Å². The summed E-state index contributed by atoms with van der Waals surface area (Å²) in [5.74, 6) is 1.28. The van der Waals surface area contributed by atoms with Crippen molar-refractivity contribution in [2.24, 2.45) is 11.8 Å². The number of fused-ring (bicyclic) bond motifs is 1. The highest BCUT2D eigenvalue weighted by Gasteiger charge is 2.53. The number of aromatic nitrogens is 1. The topological polar surface area (TPSA) is 46.1 Å². The van der Waals surface area contributed by atoms with Crippen molar-refractivity contribution in [3.8, 4) is 0 Å². The van der Waals surface area contributed by atoms with Crippen molar-refractivity contribution >= 4 is 17.5 Å². The summed E-state index contributed by atoms with van der Waals surface area (Å²) in [6.07, 6.45) is 2.82. The molecular weight excluding hydrogens is 250 g/mol. The van der Waals surface area contributed by atoms with E-state index in [0.717, 1.165) is 26.1 Å². The molecule has 5 heteroatoms. The highest BCUT2D eigenvalue weighted by molar-refractivity contribution is 6.31. The summed E-state index contributed by atoms with van der Waals surface area (Å²) in [7, 11) is 0. The molecule has 0 radical (unpaired) electrons. The third kappa shape index (κ3) is 2.04. The van der Waals surface area contributed by atoms with E-state index in [9.17, 15) is 4.79 Å². The molecular formula is C13H18ClN3O. The zero-order valence-corrected chi connectivity index (χ0v) is 11.2. The molecule has 2 N–H and O–H groups in total. The largest absolute Gasteiger partial charge is 0.347 e. The first-order chi connectivity index (χ1) is 8.70. The molecule has 1 amide bonds. The van der Waals surface area contributed by atoms with Gasteiger partial charge in [0, 0.05) is 31.9 Å². The summed E-state index contributed by atoms with van der Waals surface area (Å²) in [4.78, 5) is 12.2. The van der Waals surface area contributed by atoms with Crippen LogP contribution < -0.4 is 10.6 Å². The third-order valence-electron chi connectivity index (χ3n) is 3.95. The Bertz CT molecular complexity index is 461. The SMILES string of the molecule is CCCn1cc(Cl)cc1C(=O)NC1C2CNCC21. The Morgan fingerprint density at radius 3 is 2.94 bits per heavy atom. The van der Waals surface area contributed by atoms with Crippen molar-refractivity contribution in [3.63, 3.8) is 0 Å². The van der Waals surface area contributed by atoms with Crippen LogP contribution in [0, 0.1) is 11.8 Å². The van der Waals surface area contributed by atoms with E-state index in [0.29, 0.717) is 28.6 Å². The molecule has 2 fully saturated rings. The molecule has 2 unspecified atom stereocenters. The smallest absolute Gasteiger partial charge is 0.268 e. The van der Waals surface area contributed by atoms with Crippen LogP contribution >= 0.6 is 11.6 Å². The Kier molecular flexibility index (Phi) is 3.08. The van der Waals surface area contributed by atoms with Crippen LogP contribution in [0.1, 0.15) is 23.8 Å². The van der Waals surface area contributed by atoms with Crippen molar-refractivity contribution in [1.29, 1.82) is 0 Å². The lowest BCUT2D eigenvalue weighted by Gasteiger charge is -2.10. The number of nitrogens with one attached hydrogen (secondary N) is 2. The van der Waals surface area contributed by atoms with Crippen molar-refractivity contribution in [1.82, 2.24) is 15.2 Å². The predicted molar refractivity (Wildman–Crippen MR) is 70.8 cm³/mol. The van der Waals surface area contributed by atoms with Gasteiger partial charge < -0.3 is 15.2 Å². The molecule has 1 aromatic heterocycles. The Labute approximate surface area is 112 Å². The van der Waals surface area contributed by atoms with E-state index in [4.69, 9.17) is 11.6 Å². The molecule has 0 aromatic carbocycles. The maximum atomic E-state index is 12.2. The van der Waals surface area contributed by atoms with Crippen molar-refractivity contribution in [2.75, 3.05) is 13.1 Å². The summed E-state index contributed by atoms with van der Waals surface area (Å²) in [6, 6.07) is 2.12. The molecule has 2 aliphatic rings. The van der Waals surface area contributed by atoms with Crippen LogP contribution in [0.5, 0.6) is 0 Å². The summed E-state index contributed by atoms with van der Waals surface area (Å²) in [6.45, 7) is 4.99. The van der Waals surface area contributed by atoms with Crippen molar-refractivity contribution in [3.05, 3.63) is 23.0 Å². The molecule has 4 nitrogen and oxygen atoms in total. The summed E-state index contributed by atoms with van der Waals surface area (Å²) in [5, 5.41) is 7.08. The molecule has 1 saturated heterocycles. The molecule has 98 valence electrons. The van der Waals surface area contributed by atoms with E-state index in [2.05, 4.69) is 17.6 Å². The Morgan fingerprint density at radius 2 is 2.28 bits per heavy atom. The van der Waals surface area contributed by atoms with E-state index < -0.39 is 0 Å². The van der Waals surface area contributed by atoms with Gasteiger partial charge in [-0.1, -0.05) is 18.5 Å². The average molecular weight is 268 g/mol. The lowest BCUT2D eigenvalue weighted by Crippen LogP contribution is -2.33. The van der Waals surface area contributed by atoms with Gasteiger partial charge in [-0.15, -0.1) is 0 Å². The van der Waals surface area contributed by atoms with Gasteiger partial charge in [-0.25, -0.2) is 0 Å². The molecule has 1 saturated carbocycles. The van der Waals surface area contributed by atoms with E-state index in [1.165, 1.54) is 0 Å². The van der Waals surface area contributed by atoms with Gasteiger partial charge in [0.1, 0.15) is 5.69 Å². The number of rotatable bonds is 4. The fourth-order valence-electron chi connectivity index (χ4n) is 2.95. The van der Waals surface area contributed by atoms with Crippen LogP contribution in [0.3, 0.4) is 0 Å². The normalized spacial score (nSPS) is 29.1. The van der Waals surface area contributed by atoms with Gasteiger partial charge in [-0.05, 0) is 24.3 Å². The van der Waals surface area contributed by atoms with Crippen LogP contribution in [0.15, 0.2) is 12.3 Å². The van der Waals surface area contributed by atoms with Crippen molar-refractivity contribution < 1.29 is 4.79 Å². The Morgan fingerprint density at radius 1 is 1.56 bits per heavy atom. The van der Waals surface area contributed by atoms with Crippen LogP contribution in [-0.4, -0.2) is 29.6 Å². The molecule has 1 aliphatic heterocycles. The fraction of sp³-hybridized carbons (Fsp3) is 0.615. The lowest BCUT2D eigenvalue weighted by atomic mass is 10.3. The second-order valence-electron chi connectivity index (χ2n) is 5.22. The van der Waals surface area contributed by atoms with Gasteiger partial charge >= 0.3 is 0 Å². The third-order valence-corrected chi connectivity index (χ3v) is 4.16. The molecule has 0 bridgehead atoms. The van der Waals surface area contributed by atoms with Gasteiger partial charge in [0.2, 0.25) is 0 Å².